The average Bonchev–Trinajstić information content (AvgIpc) is 2.43. The van der Waals surface area contributed by atoms with Crippen molar-refractivity contribution >= 4 is 11.9 Å². The lowest BCUT2D eigenvalue weighted by molar-refractivity contribution is -0.149. The lowest BCUT2D eigenvalue weighted by Gasteiger charge is -2.20. The second-order valence-corrected chi connectivity index (χ2v) is 4.73. The molecule has 0 aromatic rings. The van der Waals surface area contributed by atoms with E-state index in [1.807, 2.05) is 0 Å². The molecular weight excluding hydrogens is 208 g/mol. The second kappa shape index (κ2) is 4.12. The van der Waals surface area contributed by atoms with Gasteiger partial charge in [0.2, 0.25) is 0 Å². The molecule has 1 N–H and O–H groups in total. The first-order chi connectivity index (χ1) is 7.22. The molecule has 0 unspecified atom stereocenters. The second-order valence-electron chi connectivity index (χ2n) is 4.73. The fraction of sp³-hybridized carbons (Fsp3) is 0.500. The fourth-order valence-electron chi connectivity index (χ4n) is 1.49. The van der Waals surface area contributed by atoms with E-state index in [4.69, 9.17) is 9.84 Å². The number of ether oxygens (including phenoxy) is 1. The number of allylic oxidation sites excluding steroid dienone is 1. The number of carbonyl (C=O) groups is 2. The van der Waals surface area contributed by atoms with Crippen LogP contribution in [0, 0.1) is 0 Å². The maximum Gasteiger partial charge on any atom is 0.338 e. The summed E-state index contributed by atoms with van der Waals surface area (Å²) < 4.78 is 5.19. The first-order valence-electron chi connectivity index (χ1n) is 5.09. The van der Waals surface area contributed by atoms with Gasteiger partial charge < -0.3 is 9.84 Å². The topological polar surface area (TPSA) is 63.6 Å². The van der Waals surface area contributed by atoms with Crippen molar-refractivity contribution in [3.8, 4) is 0 Å². The third-order valence-electron chi connectivity index (χ3n) is 2.24. The van der Waals surface area contributed by atoms with E-state index in [1.165, 1.54) is 0 Å². The average molecular weight is 224 g/mol. The van der Waals surface area contributed by atoms with Gasteiger partial charge in [0.05, 0.1) is 5.57 Å². The Kier molecular flexibility index (Phi) is 3.21. The molecule has 0 aromatic carbocycles. The molecule has 0 aromatic heterocycles. The molecule has 1 aliphatic carbocycles. The number of esters is 1. The molecule has 88 valence electrons. The summed E-state index contributed by atoms with van der Waals surface area (Å²) in [5.41, 5.74) is 0.569. The third kappa shape index (κ3) is 2.72. The summed E-state index contributed by atoms with van der Waals surface area (Å²) in [4.78, 5) is 22.5. The number of hydrogen-bond acceptors (Lipinski definition) is 3. The Balaban J connectivity index is 2.86. The van der Waals surface area contributed by atoms with Crippen molar-refractivity contribution in [3.05, 3.63) is 22.8 Å². The summed E-state index contributed by atoms with van der Waals surface area (Å²) in [5.74, 6) is -1.44. The molecule has 0 amide bonds. The van der Waals surface area contributed by atoms with Gasteiger partial charge in [0.25, 0.3) is 0 Å². The Morgan fingerprint density at radius 1 is 1.38 bits per heavy atom. The van der Waals surface area contributed by atoms with Crippen LogP contribution in [0.2, 0.25) is 0 Å². The van der Waals surface area contributed by atoms with Gasteiger partial charge >= 0.3 is 11.9 Å². The monoisotopic (exact) mass is 224 g/mol. The zero-order valence-corrected chi connectivity index (χ0v) is 9.96. The van der Waals surface area contributed by atoms with E-state index in [-0.39, 0.29) is 12.0 Å². The Morgan fingerprint density at radius 2 is 1.94 bits per heavy atom. The predicted octanol–water partition coefficient (Wildman–Crippen LogP) is 2.06. The van der Waals surface area contributed by atoms with Crippen LogP contribution in [0.15, 0.2) is 22.8 Å². The van der Waals surface area contributed by atoms with Crippen LogP contribution < -0.4 is 0 Å². The molecule has 1 aliphatic rings. The molecule has 0 spiro atoms. The van der Waals surface area contributed by atoms with Crippen molar-refractivity contribution in [2.75, 3.05) is 0 Å². The standard InChI is InChI=1S/C12H16O4/c1-7-8(10(13)14)5-6-9(7)11(15)16-12(2,3)4/h6H,5H2,1-4H3,(H,13,14). The largest absolute Gasteiger partial charge is 0.478 e. The summed E-state index contributed by atoms with van der Waals surface area (Å²) in [6, 6.07) is 0. The molecule has 4 nitrogen and oxygen atoms in total. The van der Waals surface area contributed by atoms with Gasteiger partial charge in [-0.05, 0) is 39.7 Å². The van der Waals surface area contributed by atoms with E-state index in [9.17, 15) is 9.59 Å². The SMILES string of the molecule is CC1=C(C(=O)O)CC=C1C(=O)OC(C)(C)C. The molecular formula is C12H16O4. The minimum atomic E-state index is -0.979. The summed E-state index contributed by atoms with van der Waals surface area (Å²) >= 11 is 0. The van der Waals surface area contributed by atoms with E-state index in [0.717, 1.165) is 0 Å². The molecule has 0 aliphatic heterocycles. The molecule has 0 radical (unpaired) electrons. The van der Waals surface area contributed by atoms with Crippen molar-refractivity contribution < 1.29 is 19.4 Å². The van der Waals surface area contributed by atoms with Crippen LogP contribution in [0.3, 0.4) is 0 Å². The molecule has 0 saturated heterocycles. The minimum absolute atomic E-state index is 0.265. The van der Waals surface area contributed by atoms with E-state index in [0.29, 0.717) is 11.1 Å². The lowest BCUT2D eigenvalue weighted by atomic mass is 10.1. The first kappa shape index (κ1) is 12.5. The van der Waals surface area contributed by atoms with Gasteiger partial charge in [-0.3, -0.25) is 0 Å². The highest BCUT2D eigenvalue weighted by Gasteiger charge is 2.27. The lowest BCUT2D eigenvalue weighted by Crippen LogP contribution is -2.25. The zero-order chi connectivity index (χ0) is 12.5. The van der Waals surface area contributed by atoms with Gasteiger partial charge in [0, 0.05) is 5.57 Å². The number of carboxylic acids is 1. The maximum absolute atomic E-state index is 11.7. The molecule has 0 fully saturated rings. The Hall–Kier alpha value is -1.58. The highest BCUT2D eigenvalue weighted by Crippen LogP contribution is 2.28. The van der Waals surface area contributed by atoms with Crippen LogP contribution in [0.25, 0.3) is 0 Å². The number of hydrogen-bond donors (Lipinski definition) is 1. The molecule has 4 heteroatoms. The number of carbonyl (C=O) groups excluding carboxylic acids is 1. The smallest absolute Gasteiger partial charge is 0.338 e. The van der Waals surface area contributed by atoms with Gasteiger partial charge in [0.1, 0.15) is 5.60 Å². The predicted molar refractivity (Wildman–Crippen MR) is 58.9 cm³/mol. The molecule has 0 saturated carbocycles. The van der Waals surface area contributed by atoms with Gasteiger partial charge in [-0.1, -0.05) is 6.08 Å². The van der Waals surface area contributed by atoms with E-state index < -0.39 is 17.5 Å². The third-order valence-corrected chi connectivity index (χ3v) is 2.24. The zero-order valence-electron chi connectivity index (χ0n) is 9.96. The molecule has 0 atom stereocenters. The van der Waals surface area contributed by atoms with E-state index in [2.05, 4.69) is 0 Å². The molecule has 0 bridgehead atoms. The summed E-state index contributed by atoms with van der Waals surface area (Å²) in [7, 11) is 0. The number of rotatable bonds is 2. The summed E-state index contributed by atoms with van der Waals surface area (Å²) in [6.07, 6.45) is 1.89. The van der Waals surface area contributed by atoms with Crippen molar-refractivity contribution in [2.24, 2.45) is 0 Å². The van der Waals surface area contributed by atoms with Gasteiger partial charge in [-0.25, -0.2) is 9.59 Å². The quantitative estimate of drug-likeness (QED) is 0.729. The number of aliphatic carboxylic acids is 1. The van der Waals surface area contributed by atoms with Gasteiger partial charge in [0.15, 0.2) is 0 Å². The highest BCUT2D eigenvalue weighted by molar-refractivity contribution is 6.00. The van der Waals surface area contributed by atoms with Crippen molar-refractivity contribution in [3.63, 3.8) is 0 Å². The molecule has 16 heavy (non-hydrogen) atoms. The van der Waals surface area contributed by atoms with E-state index >= 15 is 0 Å². The van der Waals surface area contributed by atoms with Crippen LogP contribution in [0.5, 0.6) is 0 Å². The van der Waals surface area contributed by atoms with Crippen LogP contribution >= 0.6 is 0 Å². The van der Waals surface area contributed by atoms with Crippen molar-refractivity contribution in [2.45, 2.75) is 39.7 Å². The summed E-state index contributed by atoms with van der Waals surface area (Å²) in [5, 5.41) is 8.87. The van der Waals surface area contributed by atoms with Crippen molar-refractivity contribution in [1.29, 1.82) is 0 Å². The Morgan fingerprint density at radius 3 is 2.31 bits per heavy atom. The number of carboxylic acid groups (broad SMARTS) is 1. The van der Waals surface area contributed by atoms with E-state index in [1.54, 1.807) is 33.8 Å². The van der Waals surface area contributed by atoms with Crippen LogP contribution in [-0.4, -0.2) is 22.6 Å². The Labute approximate surface area is 94.6 Å². The molecule has 0 heterocycles. The first-order valence-corrected chi connectivity index (χ1v) is 5.09. The fourth-order valence-corrected chi connectivity index (χ4v) is 1.49. The minimum Gasteiger partial charge on any atom is -0.478 e. The Bertz CT molecular complexity index is 394. The van der Waals surface area contributed by atoms with Crippen LogP contribution in [0.4, 0.5) is 0 Å². The van der Waals surface area contributed by atoms with Crippen molar-refractivity contribution in [1.82, 2.24) is 0 Å². The van der Waals surface area contributed by atoms with Crippen LogP contribution in [0.1, 0.15) is 34.1 Å². The van der Waals surface area contributed by atoms with Crippen LogP contribution in [-0.2, 0) is 14.3 Å². The highest BCUT2D eigenvalue weighted by atomic mass is 16.6. The molecule has 1 rings (SSSR count). The maximum atomic E-state index is 11.7. The van der Waals surface area contributed by atoms with Gasteiger partial charge in [-0.15, -0.1) is 0 Å². The summed E-state index contributed by atoms with van der Waals surface area (Å²) in [6.45, 7) is 6.96. The normalized spacial score (nSPS) is 16.1. The van der Waals surface area contributed by atoms with Gasteiger partial charge in [-0.2, -0.15) is 0 Å².